The van der Waals surface area contributed by atoms with Crippen LogP contribution in [0.25, 0.3) is 0 Å². The summed E-state index contributed by atoms with van der Waals surface area (Å²) < 4.78 is 17.3. The number of unbranched alkanes of at least 4 members (excludes halogenated alkanes) is 23. The molecule has 0 amide bonds. The van der Waals surface area contributed by atoms with Gasteiger partial charge in [-0.2, -0.15) is 0 Å². The van der Waals surface area contributed by atoms with E-state index in [1.165, 1.54) is 180 Å². The lowest BCUT2D eigenvalue weighted by Gasteiger charge is -2.54. The summed E-state index contributed by atoms with van der Waals surface area (Å²) in [6.45, 7) is 15.4. The van der Waals surface area contributed by atoms with Gasteiger partial charge in [0.1, 0.15) is 6.10 Å². The van der Waals surface area contributed by atoms with E-state index in [4.69, 9.17) is 14.2 Å². The molecular weight excluding hydrogens is 868 g/mol. The van der Waals surface area contributed by atoms with Crippen molar-refractivity contribution in [3.63, 3.8) is 0 Å². The number of ether oxygens (including phenoxy) is 3. The largest absolute Gasteiger partial charge is 0.463 e. The number of rotatable bonds is 46. The number of aliphatic imine (C=N–C) groups is 2. The van der Waals surface area contributed by atoms with Crippen LogP contribution < -0.4 is 5.32 Å². The van der Waals surface area contributed by atoms with Gasteiger partial charge in [0.15, 0.2) is 0 Å². The Hall–Kier alpha value is -1.51. The van der Waals surface area contributed by atoms with Crippen LogP contribution in [0.2, 0.25) is 0 Å². The number of carbonyl (C=O) groups is 2. The van der Waals surface area contributed by atoms with Crippen LogP contribution >= 0.6 is 12.4 Å². The average Bonchev–Trinajstić information content (AvgIpc) is 3.27. The van der Waals surface area contributed by atoms with Gasteiger partial charge in [-0.3, -0.25) is 9.59 Å². The second-order valence-electron chi connectivity index (χ2n) is 21.3. The number of hydrogen-bond acceptors (Lipinski definition) is 9. The maximum absolute atomic E-state index is 12.8. The van der Waals surface area contributed by atoms with Crippen molar-refractivity contribution in [2.45, 2.75) is 303 Å². The zero-order chi connectivity index (χ0) is 48.9. The maximum atomic E-state index is 12.8. The van der Waals surface area contributed by atoms with Crippen LogP contribution in [0, 0.1) is 5.41 Å². The van der Waals surface area contributed by atoms with Crippen molar-refractivity contribution in [2.75, 3.05) is 46.9 Å². The van der Waals surface area contributed by atoms with Gasteiger partial charge in [-0.1, -0.05) is 168 Å². The molecular formula is C58H113ClN4O5. The number of halogens is 1. The summed E-state index contributed by atoms with van der Waals surface area (Å²) in [5.41, 5.74) is 0.499. The Morgan fingerprint density at radius 3 is 1.46 bits per heavy atom. The van der Waals surface area contributed by atoms with Gasteiger partial charge in [-0.15, -0.1) is 12.4 Å². The fourth-order valence-corrected chi connectivity index (χ4v) is 9.76. The molecule has 2 atom stereocenters. The third-order valence-electron chi connectivity index (χ3n) is 14.0. The first kappa shape index (κ1) is 66.5. The molecule has 2 aliphatic rings. The molecule has 1 aliphatic carbocycles. The molecule has 1 aliphatic heterocycles. The number of hydrogen-bond donors (Lipinski definition) is 1. The number of nitrogens with zero attached hydrogens (tertiary/aromatic N) is 3. The standard InChI is InChI=1S/C50H95NO5.C8H17N3.ClH/c1-5-8-11-14-19-26-33-44(4)55-48(52)38-31-24-17-20-27-34-45(51-46-40-50(41-46)42-54-43-50)35-28-21-18-25-32-39-49(53)56-47(36-29-22-15-12-9-6-2)37-30-23-16-13-10-7-3;1-4-9-8-10-6-5-7-11(2)3;/h44-47,51H,5-43H2,1-4H3;4-7H2,1-3H3;1H. The van der Waals surface area contributed by atoms with Crippen LogP contribution in [0.15, 0.2) is 9.98 Å². The molecule has 0 aromatic rings. The lowest BCUT2D eigenvalue weighted by Crippen LogP contribution is -2.60. The molecule has 1 heterocycles. The van der Waals surface area contributed by atoms with Crippen molar-refractivity contribution < 1.29 is 23.8 Å². The molecule has 0 bridgehead atoms. The van der Waals surface area contributed by atoms with Crippen molar-refractivity contribution in [2.24, 2.45) is 15.4 Å². The van der Waals surface area contributed by atoms with E-state index in [9.17, 15) is 9.59 Å². The van der Waals surface area contributed by atoms with Gasteiger partial charge in [0.2, 0.25) is 0 Å². The monoisotopic (exact) mass is 981 g/mol. The van der Waals surface area contributed by atoms with Gasteiger partial charge in [0, 0.05) is 36.9 Å². The van der Waals surface area contributed by atoms with Crippen LogP contribution in [-0.2, 0) is 23.8 Å². The second kappa shape index (κ2) is 47.8. The predicted octanol–water partition coefficient (Wildman–Crippen LogP) is 16.2. The van der Waals surface area contributed by atoms with Crippen molar-refractivity contribution >= 4 is 30.4 Å². The van der Waals surface area contributed by atoms with Gasteiger partial charge in [-0.05, 0) is 118 Å². The maximum Gasteiger partial charge on any atom is 0.306 e. The molecule has 0 radical (unpaired) electrons. The summed E-state index contributed by atoms with van der Waals surface area (Å²) in [4.78, 5) is 35.2. The molecule has 2 fully saturated rings. The highest BCUT2D eigenvalue weighted by molar-refractivity contribution is 5.85. The van der Waals surface area contributed by atoms with Gasteiger partial charge < -0.3 is 24.4 Å². The summed E-state index contributed by atoms with van der Waals surface area (Å²) in [5, 5.41) is 4.05. The first-order valence-corrected chi connectivity index (χ1v) is 29.1. The van der Waals surface area contributed by atoms with E-state index < -0.39 is 0 Å². The third kappa shape index (κ3) is 40.1. The molecule has 0 aromatic carbocycles. The molecule has 0 aromatic heterocycles. The molecule has 1 saturated carbocycles. The number of esters is 2. The van der Waals surface area contributed by atoms with Crippen molar-refractivity contribution in [3.05, 3.63) is 0 Å². The Morgan fingerprint density at radius 2 is 1.01 bits per heavy atom. The quantitative estimate of drug-likeness (QED) is 0.0368. The molecule has 2 rings (SSSR count). The summed E-state index contributed by atoms with van der Waals surface area (Å²) in [6.07, 6.45) is 45.4. The van der Waals surface area contributed by atoms with Crippen molar-refractivity contribution in [1.82, 2.24) is 10.2 Å². The van der Waals surface area contributed by atoms with E-state index in [0.717, 1.165) is 84.2 Å². The lowest BCUT2D eigenvalue weighted by atomic mass is 9.64. The minimum atomic E-state index is -0.00550. The van der Waals surface area contributed by atoms with Crippen LogP contribution in [0.4, 0.5) is 0 Å². The summed E-state index contributed by atoms with van der Waals surface area (Å²) >= 11 is 0. The fourth-order valence-electron chi connectivity index (χ4n) is 9.76. The topological polar surface area (TPSA) is 102 Å². The summed E-state index contributed by atoms with van der Waals surface area (Å²) in [7, 11) is 4.12. The molecule has 68 heavy (non-hydrogen) atoms. The molecule has 10 heteroatoms. The highest BCUT2D eigenvalue weighted by Gasteiger charge is 2.49. The smallest absolute Gasteiger partial charge is 0.306 e. The second-order valence-corrected chi connectivity index (χ2v) is 21.3. The normalized spacial score (nSPS) is 14.8. The van der Waals surface area contributed by atoms with Crippen LogP contribution in [0.1, 0.15) is 279 Å². The van der Waals surface area contributed by atoms with Crippen LogP contribution in [0.3, 0.4) is 0 Å². The van der Waals surface area contributed by atoms with Gasteiger partial charge >= 0.3 is 11.9 Å². The highest BCUT2D eigenvalue weighted by atomic mass is 35.5. The van der Waals surface area contributed by atoms with Crippen LogP contribution in [-0.4, -0.2) is 94.1 Å². The minimum Gasteiger partial charge on any atom is -0.463 e. The zero-order valence-corrected chi connectivity index (χ0v) is 46.8. The summed E-state index contributed by atoms with van der Waals surface area (Å²) in [5.74, 6) is 0.0359. The van der Waals surface area contributed by atoms with Gasteiger partial charge in [0.25, 0.3) is 0 Å². The average molecular weight is 982 g/mol. The van der Waals surface area contributed by atoms with E-state index in [0.29, 0.717) is 30.3 Å². The zero-order valence-electron chi connectivity index (χ0n) is 46.0. The molecule has 1 N–H and O–H groups in total. The minimum absolute atomic E-state index is 0. The molecule has 1 spiro atoms. The Balaban J connectivity index is 0.00000330. The van der Waals surface area contributed by atoms with Gasteiger partial charge in [-0.25, -0.2) is 9.98 Å². The molecule has 9 nitrogen and oxygen atoms in total. The van der Waals surface area contributed by atoms with Crippen LogP contribution in [0.5, 0.6) is 0 Å². The van der Waals surface area contributed by atoms with Crippen molar-refractivity contribution in [1.29, 1.82) is 0 Å². The fraction of sp³-hybridized carbons (Fsp3) is 0.948. The third-order valence-corrected chi connectivity index (χ3v) is 14.0. The first-order chi connectivity index (χ1) is 32.7. The number of nitrogens with one attached hydrogen (secondary N) is 1. The molecule has 2 unspecified atom stereocenters. The Labute approximate surface area is 427 Å². The SMILES string of the molecule is CCCCCCCCC(C)OC(=O)CCCCCCCC(CCCCCCCC(=O)OC(CCCCCCCC)CCCCCCCC)NC1CC2(COC2)C1.CCN=C=NCCCN(C)C.Cl. The Morgan fingerprint density at radius 1 is 0.588 bits per heavy atom. The molecule has 1 saturated heterocycles. The highest BCUT2D eigenvalue weighted by Crippen LogP contribution is 2.47. The molecule has 402 valence electrons. The van der Waals surface area contributed by atoms with E-state index in [-0.39, 0.29) is 36.6 Å². The summed E-state index contributed by atoms with van der Waals surface area (Å²) in [6, 6.07) is 3.91. The van der Waals surface area contributed by atoms with E-state index in [2.05, 4.69) is 68.0 Å². The Bertz CT molecular complexity index is 1170. The van der Waals surface area contributed by atoms with Gasteiger partial charge in [0.05, 0.1) is 31.9 Å². The van der Waals surface area contributed by atoms with E-state index in [1.54, 1.807) is 0 Å². The number of carbonyl (C=O) groups excluding carboxylic acids is 2. The predicted molar refractivity (Wildman–Crippen MR) is 293 cm³/mol. The van der Waals surface area contributed by atoms with E-state index in [1.807, 2.05) is 6.92 Å². The van der Waals surface area contributed by atoms with E-state index >= 15 is 0 Å². The Kier molecular flexibility index (Phi) is 46.7. The van der Waals surface area contributed by atoms with Crippen molar-refractivity contribution in [3.8, 4) is 0 Å². The first-order valence-electron chi connectivity index (χ1n) is 29.1. The lowest BCUT2D eigenvalue weighted by molar-refractivity contribution is -0.168.